The van der Waals surface area contributed by atoms with Gasteiger partial charge in [-0.1, -0.05) is 18.6 Å². The molecule has 1 aromatic heterocycles. The summed E-state index contributed by atoms with van der Waals surface area (Å²) in [5.41, 5.74) is 1.01. The van der Waals surface area contributed by atoms with Crippen LogP contribution in [0, 0.1) is 5.82 Å². The lowest BCUT2D eigenvalue weighted by Crippen LogP contribution is -2.38. The van der Waals surface area contributed by atoms with Gasteiger partial charge >= 0.3 is 0 Å². The predicted molar refractivity (Wildman–Crippen MR) is 95.9 cm³/mol. The van der Waals surface area contributed by atoms with Crippen molar-refractivity contribution in [1.82, 2.24) is 25.4 Å². The number of nitrogens with one attached hydrogen (secondary N) is 2. The molecule has 0 unspecified atom stereocenters. The fourth-order valence-electron chi connectivity index (χ4n) is 3.03. The van der Waals surface area contributed by atoms with Crippen molar-refractivity contribution in [1.29, 1.82) is 0 Å². The van der Waals surface area contributed by atoms with E-state index < -0.39 is 0 Å². The SMILES string of the molecule is CN=C(NCCc1nnc2n1CCCCC2)NCc1ccc(F)cc1. The van der Waals surface area contributed by atoms with Gasteiger partial charge in [-0.3, -0.25) is 4.99 Å². The van der Waals surface area contributed by atoms with Crippen molar-refractivity contribution in [2.45, 2.75) is 45.2 Å². The third-order valence-corrected chi connectivity index (χ3v) is 4.42. The first-order valence-corrected chi connectivity index (χ1v) is 8.86. The Labute approximate surface area is 147 Å². The van der Waals surface area contributed by atoms with Crippen LogP contribution in [0.4, 0.5) is 4.39 Å². The van der Waals surface area contributed by atoms with Gasteiger partial charge in [0.1, 0.15) is 17.5 Å². The molecule has 1 aromatic carbocycles. The van der Waals surface area contributed by atoms with E-state index >= 15 is 0 Å². The van der Waals surface area contributed by atoms with Gasteiger partial charge in [0.15, 0.2) is 5.96 Å². The highest BCUT2D eigenvalue weighted by Crippen LogP contribution is 2.14. The Morgan fingerprint density at radius 1 is 1.16 bits per heavy atom. The summed E-state index contributed by atoms with van der Waals surface area (Å²) in [6.07, 6.45) is 5.51. The van der Waals surface area contributed by atoms with E-state index in [2.05, 4.69) is 30.4 Å². The molecule has 134 valence electrons. The first kappa shape index (κ1) is 17.4. The molecule has 0 spiro atoms. The zero-order valence-electron chi connectivity index (χ0n) is 14.6. The molecule has 0 atom stereocenters. The van der Waals surface area contributed by atoms with Crippen molar-refractivity contribution in [3.63, 3.8) is 0 Å². The van der Waals surface area contributed by atoms with Crippen molar-refractivity contribution in [3.8, 4) is 0 Å². The van der Waals surface area contributed by atoms with Crippen LogP contribution in [0.25, 0.3) is 0 Å². The van der Waals surface area contributed by atoms with E-state index in [1.54, 1.807) is 19.2 Å². The van der Waals surface area contributed by atoms with E-state index in [9.17, 15) is 4.39 Å². The average molecular weight is 344 g/mol. The molecule has 0 fully saturated rings. The second-order valence-corrected chi connectivity index (χ2v) is 6.22. The molecule has 25 heavy (non-hydrogen) atoms. The maximum absolute atomic E-state index is 12.9. The van der Waals surface area contributed by atoms with Crippen LogP contribution in [-0.2, 0) is 25.9 Å². The van der Waals surface area contributed by atoms with Crippen LogP contribution in [0.5, 0.6) is 0 Å². The second-order valence-electron chi connectivity index (χ2n) is 6.22. The number of nitrogens with zero attached hydrogens (tertiary/aromatic N) is 4. The monoisotopic (exact) mass is 344 g/mol. The summed E-state index contributed by atoms with van der Waals surface area (Å²) in [5, 5.41) is 15.2. The van der Waals surface area contributed by atoms with Crippen LogP contribution in [0.2, 0.25) is 0 Å². The number of aryl methyl sites for hydroxylation is 1. The third-order valence-electron chi connectivity index (χ3n) is 4.42. The van der Waals surface area contributed by atoms with Crippen LogP contribution in [-0.4, -0.2) is 34.3 Å². The van der Waals surface area contributed by atoms with Gasteiger partial charge in [0.2, 0.25) is 0 Å². The Kier molecular flexibility index (Phi) is 5.98. The molecule has 0 amide bonds. The lowest BCUT2D eigenvalue weighted by Gasteiger charge is -2.12. The van der Waals surface area contributed by atoms with E-state index in [4.69, 9.17) is 0 Å². The summed E-state index contributed by atoms with van der Waals surface area (Å²) in [4.78, 5) is 4.22. The number of hydrogen-bond donors (Lipinski definition) is 2. The second kappa shape index (κ2) is 8.60. The molecule has 0 saturated carbocycles. The van der Waals surface area contributed by atoms with E-state index in [0.29, 0.717) is 6.54 Å². The summed E-state index contributed by atoms with van der Waals surface area (Å²) < 4.78 is 15.2. The number of fused-ring (bicyclic) bond motifs is 1. The molecule has 0 aliphatic carbocycles. The average Bonchev–Trinajstić information content (AvgIpc) is 2.86. The zero-order chi connectivity index (χ0) is 17.5. The van der Waals surface area contributed by atoms with E-state index in [1.807, 2.05) is 0 Å². The predicted octanol–water partition coefficient (Wildman–Crippen LogP) is 2.05. The quantitative estimate of drug-likeness (QED) is 0.643. The smallest absolute Gasteiger partial charge is 0.191 e. The van der Waals surface area contributed by atoms with E-state index in [0.717, 1.165) is 49.1 Å². The molecule has 7 heteroatoms. The lowest BCUT2D eigenvalue weighted by atomic mass is 10.2. The number of benzene rings is 1. The van der Waals surface area contributed by atoms with Crippen LogP contribution in [0.15, 0.2) is 29.3 Å². The minimum Gasteiger partial charge on any atom is -0.356 e. The largest absolute Gasteiger partial charge is 0.356 e. The molecule has 1 aliphatic rings. The summed E-state index contributed by atoms with van der Waals surface area (Å²) in [7, 11) is 1.74. The van der Waals surface area contributed by atoms with Crippen LogP contribution >= 0.6 is 0 Å². The van der Waals surface area contributed by atoms with Crippen molar-refractivity contribution < 1.29 is 4.39 Å². The normalized spacial score (nSPS) is 14.7. The van der Waals surface area contributed by atoms with Crippen molar-refractivity contribution in [3.05, 3.63) is 47.3 Å². The lowest BCUT2D eigenvalue weighted by molar-refractivity contribution is 0.600. The van der Waals surface area contributed by atoms with Gasteiger partial charge in [-0.15, -0.1) is 10.2 Å². The van der Waals surface area contributed by atoms with Gasteiger partial charge in [0.05, 0.1) is 0 Å². The maximum Gasteiger partial charge on any atom is 0.191 e. The molecule has 1 aliphatic heterocycles. The highest BCUT2D eigenvalue weighted by Gasteiger charge is 2.14. The zero-order valence-corrected chi connectivity index (χ0v) is 14.6. The van der Waals surface area contributed by atoms with Crippen LogP contribution < -0.4 is 10.6 Å². The molecule has 2 aromatic rings. The summed E-state index contributed by atoms with van der Waals surface area (Å²) >= 11 is 0. The summed E-state index contributed by atoms with van der Waals surface area (Å²) in [6, 6.07) is 6.45. The highest BCUT2D eigenvalue weighted by atomic mass is 19.1. The Balaban J connectivity index is 1.47. The van der Waals surface area contributed by atoms with Crippen molar-refractivity contribution in [2.75, 3.05) is 13.6 Å². The number of halogens is 1. The Bertz CT molecular complexity index is 707. The third kappa shape index (κ3) is 4.78. The minimum atomic E-state index is -0.223. The number of aromatic nitrogens is 3. The number of rotatable bonds is 5. The van der Waals surface area contributed by atoms with Crippen molar-refractivity contribution in [2.24, 2.45) is 4.99 Å². The first-order valence-electron chi connectivity index (χ1n) is 8.86. The van der Waals surface area contributed by atoms with Crippen LogP contribution in [0.3, 0.4) is 0 Å². The topological polar surface area (TPSA) is 67.1 Å². The Morgan fingerprint density at radius 3 is 2.80 bits per heavy atom. The first-order chi connectivity index (χ1) is 12.3. The van der Waals surface area contributed by atoms with Crippen molar-refractivity contribution >= 4 is 5.96 Å². The molecule has 0 radical (unpaired) electrons. The van der Waals surface area contributed by atoms with Gasteiger partial charge in [-0.05, 0) is 30.5 Å². The van der Waals surface area contributed by atoms with Gasteiger partial charge in [0, 0.05) is 39.5 Å². The molecular weight excluding hydrogens is 319 g/mol. The molecular formula is C18H25FN6. The van der Waals surface area contributed by atoms with Crippen LogP contribution in [0.1, 0.15) is 36.5 Å². The summed E-state index contributed by atoms with van der Waals surface area (Å²) in [6.45, 7) is 2.36. The number of hydrogen-bond acceptors (Lipinski definition) is 3. The minimum absolute atomic E-state index is 0.223. The molecule has 2 N–H and O–H groups in total. The molecule has 3 rings (SSSR count). The van der Waals surface area contributed by atoms with E-state index in [1.165, 1.54) is 31.4 Å². The maximum atomic E-state index is 12.9. The molecule has 2 heterocycles. The van der Waals surface area contributed by atoms with Gasteiger partial charge in [0.25, 0.3) is 0 Å². The van der Waals surface area contributed by atoms with Gasteiger partial charge < -0.3 is 15.2 Å². The fourth-order valence-corrected chi connectivity index (χ4v) is 3.03. The highest BCUT2D eigenvalue weighted by molar-refractivity contribution is 5.79. The van der Waals surface area contributed by atoms with Gasteiger partial charge in [-0.2, -0.15) is 0 Å². The fraction of sp³-hybridized carbons (Fsp3) is 0.500. The standard InChI is InChI=1S/C18H25FN6/c1-20-18(22-13-14-6-8-15(19)9-7-14)21-11-10-17-24-23-16-5-3-2-4-12-25(16)17/h6-9H,2-5,10-13H2,1H3,(H2,20,21,22). The molecule has 6 nitrogen and oxygen atoms in total. The Morgan fingerprint density at radius 2 is 2.00 bits per heavy atom. The number of guanidine groups is 1. The summed E-state index contributed by atoms with van der Waals surface area (Å²) in [5.74, 6) is 2.66. The molecule has 0 saturated heterocycles. The Hall–Kier alpha value is -2.44. The molecule has 0 bridgehead atoms. The van der Waals surface area contributed by atoms with Gasteiger partial charge in [-0.25, -0.2) is 4.39 Å². The number of aliphatic imine (C=N–C) groups is 1. The van der Waals surface area contributed by atoms with E-state index in [-0.39, 0.29) is 5.82 Å².